The van der Waals surface area contributed by atoms with Crippen LogP contribution >= 0.6 is 0 Å². The molecule has 0 heterocycles. The first kappa shape index (κ1) is 20.9. The molecule has 2 aromatic carbocycles. The highest BCUT2D eigenvalue weighted by Crippen LogP contribution is 2.48. The molecule has 1 aliphatic carbocycles. The maximum Gasteiger partial charge on any atom is 0.240 e. The molecule has 29 heavy (non-hydrogen) atoms. The third-order valence-corrected chi connectivity index (χ3v) is 5.59. The van der Waals surface area contributed by atoms with Crippen LogP contribution in [-0.2, 0) is 9.59 Å². The summed E-state index contributed by atoms with van der Waals surface area (Å²) >= 11 is 0. The van der Waals surface area contributed by atoms with Gasteiger partial charge in [0.25, 0.3) is 0 Å². The van der Waals surface area contributed by atoms with Crippen molar-refractivity contribution in [1.29, 1.82) is 0 Å². The smallest absolute Gasteiger partial charge is 0.240 e. The van der Waals surface area contributed by atoms with E-state index in [2.05, 4.69) is 38.3 Å². The van der Waals surface area contributed by atoms with E-state index in [-0.39, 0.29) is 23.7 Å². The molecule has 5 nitrogen and oxygen atoms in total. The minimum atomic E-state index is -1.03. The van der Waals surface area contributed by atoms with Crippen LogP contribution in [0.2, 0.25) is 0 Å². The Balaban J connectivity index is 1.85. The Bertz CT molecular complexity index is 888. The van der Waals surface area contributed by atoms with Gasteiger partial charge in [-0.15, -0.1) is 0 Å². The average molecular weight is 395 g/mol. The molecule has 2 N–H and O–H groups in total. The minimum Gasteiger partial charge on any atom is -0.495 e. The van der Waals surface area contributed by atoms with Crippen molar-refractivity contribution in [3.63, 3.8) is 0 Å². The van der Waals surface area contributed by atoms with Crippen molar-refractivity contribution in [2.45, 2.75) is 52.4 Å². The van der Waals surface area contributed by atoms with Crippen LogP contribution in [0.15, 0.2) is 42.5 Å². The number of carbonyl (C=O) groups excluding carboxylic acids is 2. The van der Waals surface area contributed by atoms with Gasteiger partial charge in [-0.2, -0.15) is 0 Å². The van der Waals surface area contributed by atoms with Gasteiger partial charge >= 0.3 is 0 Å². The number of para-hydroxylation sites is 3. The van der Waals surface area contributed by atoms with E-state index in [1.165, 1.54) is 0 Å². The van der Waals surface area contributed by atoms with E-state index in [0.717, 1.165) is 16.8 Å². The van der Waals surface area contributed by atoms with Crippen LogP contribution in [0.25, 0.3) is 0 Å². The van der Waals surface area contributed by atoms with Gasteiger partial charge in [0.1, 0.15) is 11.2 Å². The van der Waals surface area contributed by atoms with Crippen LogP contribution in [0.5, 0.6) is 5.75 Å². The average Bonchev–Trinajstić information content (AvgIpc) is 3.50. The summed E-state index contributed by atoms with van der Waals surface area (Å²) in [6, 6.07) is 13.3. The fourth-order valence-corrected chi connectivity index (χ4v) is 3.60. The van der Waals surface area contributed by atoms with Crippen molar-refractivity contribution >= 4 is 23.2 Å². The van der Waals surface area contributed by atoms with Gasteiger partial charge < -0.3 is 15.4 Å². The zero-order valence-electron chi connectivity index (χ0n) is 17.8. The third-order valence-electron chi connectivity index (χ3n) is 5.59. The van der Waals surface area contributed by atoms with Crippen LogP contribution in [0.4, 0.5) is 11.4 Å². The van der Waals surface area contributed by atoms with Gasteiger partial charge in [-0.3, -0.25) is 9.59 Å². The van der Waals surface area contributed by atoms with Gasteiger partial charge in [0, 0.05) is 5.69 Å². The molecule has 1 saturated carbocycles. The molecule has 154 valence electrons. The molecule has 0 aliphatic heterocycles. The van der Waals surface area contributed by atoms with E-state index in [0.29, 0.717) is 24.3 Å². The fraction of sp³-hybridized carbons (Fsp3) is 0.417. The Labute approximate surface area is 172 Å². The zero-order valence-corrected chi connectivity index (χ0v) is 17.8. The highest BCUT2D eigenvalue weighted by Gasteiger charge is 2.56. The summed E-state index contributed by atoms with van der Waals surface area (Å²) in [5.74, 6) is 0.583. The van der Waals surface area contributed by atoms with Crippen LogP contribution in [0, 0.1) is 5.41 Å². The summed E-state index contributed by atoms with van der Waals surface area (Å²) in [6.07, 6.45) is 1.08. The second-order valence-electron chi connectivity index (χ2n) is 8.31. The molecule has 0 atom stereocenters. The SMILES string of the molecule is COc1ccccc1NC(=O)C1(C(=O)Nc2c(C(C)C)cccc2C(C)C)CC1. The number of benzene rings is 2. The molecule has 5 heteroatoms. The Morgan fingerprint density at radius 3 is 1.93 bits per heavy atom. The number of nitrogens with one attached hydrogen (secondary N) is 2. The highest BCUT2D eigenvalue weighted by molar-refractivity contribution is 6.17. The van der Waals surface area contributed by atoms with E-state index in [9.17, 15) is 9.59 Å². The minimum absolute atomic E-state index is 0.236. The number of ether oxygens (including phenoxy) is 1. The molecule has 0 saturated heterocycles. The largest absolute Gasteiger partial charge is 0.495 e. The molecule has 2 amide bonds. The summed E-state index contributed by atoms with van der Waals surface area (Å²) < 4.78 is 5.30. The quantitative estimate of drug-likeness (QED) is 0.626. The van der Waals surface area contributed by atoms with Gasteiger partial charge in [0.2, 0.25) is 11.8 Å². The van der Waals surface area contributed by atoms with E-state index >= 15 is 0 Å². The molecule has 0 radical (unpaired) electrons. The first-order valence-electron chi connectivity index (χ1n) is 10.2. The molecule has 2 aromatic rings. The monoisotopic (exact) mass is 394 g/mol. The van der Waals surface area contributed by atoms with Crippen molar-refractivity contribution in [2.24, 2.45) is 5.41 Å². The number of hydrogen-bond donors (Lipinski definition) is 2. The summed E-state index contributed by atoms with van der Waals surface area (Å²) in [7, 11) is 1.56. The second kappa shape index (κ2) is 8.27. The van der Waals surface area contributed by atoms with Crippen LogP contribution < -0.4 is 15.4 Å². The number of anilines is 2. The standard InChI is InChI=1S/C24H30N2O3/c1-15(2)17-9-8-10-18(16(3)4)21(17)26-23(28)24(13-14-24)22(27)25-19-11-6-7-12-20(19)29-5/h6-12,15-16H,13-14H2,1-5H3,(H,25,27)(H,26,28). The first-order chi connectivity index (χ1) is 13.8. The number of rotatable bonds is 7. The van der Waals surface area contributed by atoms with Crippen LogP contribution in [0.1, 0.15) is 63.5 Å². The summed E-state index contributed by atoms with van der Waals surface area (Å²) in [5, 5.41) is 5.99. The third kappa shape index (κ3) is 4.14. The summed E-state index contributed by atoms with van der Waals surface area (Å²) in [6.45, 7) is 8.43. The molecule has 3 rings (SSSR count). The number of amides is 2. The van der Waals surface area contributed by atoms with Gasteiger partial charge in [0.05, 0.1) is 12.8 Å². The molecular weight excluding hydrogens is 364 g/mol. The highest BCUT2D eigenvalue weighted by atomic mass is 16.5. The van der Waals surface area contributed by atoms with Crippen molar-refractivity contribution < 1.29 is 14.3 Å². The predicted molar refractivity (Wildman–Crippen MR) is 117 cm³/mol. The lowest BCUT2D eigenvalue weighted by Crippen LogP contribution is -2.36. The molecule has 0 spiro atoms. The maximum atomic E-state index is 13.2. The number of hydrogen-bond acceptors (Lipinski definition) is 3. The second-order valence-corrected chi connectivity index (χ2v) is 8.31. The molecule has 1 fully saturated rings. The zero-order chi connectivity index (χ0) is 21.2. The molecular formula is C24H30N2O3. The first-order valence-corrected chi connectivity index (χ1v) is 10.2. The van der Waals surface area contributed by atoms with Gasteiger partial charge in [-0.25, -0.2) is 0 Å². The van der Waals surface area contributed by atoms with Gasteiger partial charge in [-0.05, 0) is 47.9 Å². The summed E-state index contributed by atoms with van der Waals surface area (Å²) in [5.41, 5.74) is 2.57. The van der Waals surface area contributed by atoms with Crippen LogP contribution in [0.3, 0.4) is 0 Å². The number of methoxy groups -OCH3 is 1. The lowest BCUT2D eigenvalue weighted by Gasteiger charge is -2.22. The molecule has 0 aromatic heterocycles. The lowest BCUT2D eigenvalue weighted by molar-refractivity contribution is -0.131. The summed E-state index contributed by atoms with van der Waals surface area (Å²) in [4.78, 5) is 26.2. The Hall–Kier alpha value is -2.82. The van der Waals surface area contributed by atoms with Crippen molar-refractivity contribution in [2.75, 3.05) is 17.7 Å². The normalized spacial score (nSPS) is 14.6. The van der Waals surface area contributed by atoms with Gasteiger partial charge in [0.15, 0.2) is 0 Å². The van der Waals surface area contributed by atoms with E-state index in [4.69, 9.17) is 4.74 Å². The van der Waals surface area contributed by atoms with E-state index < -0.39 is 5.41 Å². The Morgan fingerprint density at radius 1 is 0.862 bits per heavy atom. The number of carbonyl (C=O) groups is 2. The molecule has 0 unspecified atom stereocenters. The van der Waals surface area contributed by atoms with Crippen molar-refractivity contribution in [3.8, 4) is 5.75 Å². The maximum absolute atomic E-state index is 13.2. The Kier molecular flexibility index (Phi) is 5.96. The van der Waals surface area contributed by atoms with Gasteiger partial charge in [-0.1, -0.05) is 58.0 Å². The fourth-order valence-electron chi connectivity index (χ4n) is 3.60. The predicted octanol–water partition coefficient (Wildman–Crippen LogP) is 5.30. The van der Waals surface area contributed by atoms with Crippen molar-refractivity contribution in [1.82, 2.24) is 0 Å². The molecule has 0 bridgehead atoms. The van der Waals surface area contributed by atoms with Crippen molar-refractivity contribution in [3.05, 3.63) is 53.6 Å². The molecule has 1 aliphatic rings. The van der Waals surface area contributed by atoms with E-state index in [1.807, 2.05) is 30.3 Å². The van der Waals surface area contributed by atoms with E-state index in [1.54, 1.807) is 19.2 Å². The van der Waals surface area contributed by atoms with Crippen LogP contribution in [-0.4, -0.2) is 18.9 Å². The Morgan fingerprint density at radius 2 is 1.41 bits per heavy atom. The lowest BCUT2D eigenvalue weighted by atomic mass is 9.92. The topological polar surface area (TPSA) is 67.4 Å².